The third kappa shape index (κ3) is 3.57. The molecular weight excluding hydrogens is 353 g/mol. The van der Waals surface area contributed by atoms with E-state index in [1.54, 1.807) is 12.1 Å². The molecule has 25 heavy (non-hydrogen) atoms. The molecule has 3 atom stereocenters. The molecular formula is C16H19F3N4OS. The zero-order valence-corrected chi connectivity index (χ0v) is 14.5. The van der Waals surface area contributed by atoms with E-state index in [9.17, 15) is 17.4 Å². The molecule has 1 fully saturated rings. The minimum absolute atomic E-state index is 0.0134. The molecule has 3 unspecified atom stereocenters. The highest BCUT2D eigenvalue weighted by atomic mass is 32.2. The predicted molar refractivity (Wildman–Crippen MR) is 89.1 cm³/mol. The van der Waals surface area contributed by atoms with Crippen molar-refractivity contribution in [3.8, 4) is 0 Å². The second kappa shape index (κ2) is 6.14. The number of nitrogens with one attached hydrogen (secondary N) is 2. The van der Waals surface area contributed by atoms with Crippen LogP contribution in [-0.4, -0.2) is 21.0 Å². The number of nitrogens with two attached hydrogens (primary N) is 1. The molecule has 1 aliphatic rings. The van der Waals surface area contributed by atoms with E-state index in [-0.39, 0.29) is 23.1 Å². The van der Waals surface area contributed by atoms with Crippen LogP contribution in [0.4, 0.5) is 19.0 Å². The van der Waals surface area contributed by atoms with Gasteiger partial charge in [-0.15, -0.1) is 0 Å². The van der Waals surface area contributed by atoms with Gasteiger partial charge in [0.25, 0.3) is 0 Å². The molecule has 0 bridgehead atoms. The molecule has 136 valence electrons. The van der Waals surface area contributed by atoms with Crippen molar-refractivity contribution in [2.75, 3.05) is 11.9 Å². The van der Waals surface area contributed by atoms with E-state index in [1.807, 2.05) is 17.2 Å². The molecule has 3 rings (SSSR count). The highest BCUT2D eigenvalue weighted by molar-refractivity contribution is 7.82. The van der Waals surface area contributed by atoms with Crippen LogP contribution in [0.3, 0.4) is 0 Å². The summed E-state index contributed by atoms with van der Waals surface area (Å²) in [7, 11) is -1.51. The molecule has 2 aromatic rings. The third-order valence-electron chi connectivity index (χ3n) is 4.91. The first-order valence-corrected chi connectivity index (χ1v) is 8.94. The summed E-state index contributed by atoms with van der Waals surface area (Å²) in [5, 5.41) is 14.0. The maximum absolute atomic E-state index is 12.6. The van der Waals surface area contributed by atoms with Gasteiger partial charge in [-0.3, -0.25) is 5.10 Å². The molecule has 4 N–H and O–H groups in total. The number of halogens is 3. The largest absolute Gasteiger partial charge is 0.432 e. The van der Waals surface area contributed by atoms with Crippen LogP contribution < -0.4 is 10.5 Å². The van der Waals surface area contributed by atoms with Gasteiger partial charge in [0.15, 0.2) is 0 Å². The van der Waals surface area contributed by atoms with Gasteiger partial charge in [-0.1, -0.05) is 26.0 Å². The lowest BCUT2D eigenvalue weighted by molar-refractivity contribution is -0.141. The standard InChI is InChI=1S/C16H19F3N4OS/c1-15(2)11(8-21-13-7-12(22-23-13)16(17,18)19)14(15)9-3-5-10(6-4-9)25(20)24/h3-7,11,14H,8,20H2,1-2H3,(H2,21,22,23). The highest BCUT2D eigenvalue weighted by Gasteiger charge is 2.57. The Morgan fingerprint density at radius 1 is 1.32 bits per heavy atom. The van der Waals surface area contributed by atoms with E-state index in [1.165, 1.54) is 0 Å². The van der Waals surface area contributed by atoms with Crippen molar-refractivity contribution in [3.05, 3.63) is 41.6 Å². The summed E-state index contributed by atoms with van der Waals surface area (Å²) in [4.78, 5) is 0.563. The Morgan fingerprint density at radius 3 is 2.48 bits per heavy atom. The highest BCUT2D eigenvalue weighted by Crippen LogP contribution is 2.64. The summed E-state index contributed by atoms with van der Waals surface area (Å²) in [5.74, 6) is 0.705. The van der Waals surface area contributed by atoms with Crippen LogP contribution in [0, 0.1) is 11.3 Å². The summed E-state index contributed by atoms with van der Waals surface area (Å²) in [5.41, 5.74) is 0.246. The number of aromatic amines is 1. The Hall–Kier alpha value is -1.87. The van der Waals surface area contributed by atoms with Gasteiger partial charge in [-0.25, -0.2) is 9.35 Å². The number of hydrogen-bond acceptors (Lipinski definition) is 3. The lowest BCUT2D eigenvalue weighted by Crippen LogP contribution is -2.07. The van der Waals surface area contributed by atoms with Gasteiger partial charge in [-0.05, 0) is 34.9 Å². The number of hydrogen-bond donors (Lipinski definition) is 3. The molecule has 0 radical (unpaired) electrons. The predicted octanol–water partition coefficient (Wildman–Crippen LogP) is 3.26. The van der Waals surface area contributed by atoms with Crippen molar-refractivity contribution in [3.63, 3.8) is 0 Å². The molecule has 5 nitrogen and oxygen atoms in total. The first-order chi connectivity index (χ1) is 11.6. The minimum Gasteiger partial charge on any atom is -0.368 e. The Labute approximate surface area is 145 Å². The van der Waals surface area contributed by atoms with Crippen LogP contribution in [0.1, 0.15) is 31.0 Å². The van der Waals surface area contributed by atoms with Gasteiger partial charge in [-0.2, -0.15) is 18.3 Å². The fourth-order valence-electron chi connectivity index (χ4n) is 3.37. The summed E-state index contributed by atoms with van der Waals surface area (Å²) in [6.07, 6.45) is -4.43. The number of rotatable bonds is 5. The normalized spacial score (nSPS) is 23.3. The van der Waals surface area contributed by atoms with Crippen molar-refractivity contribution in [2.24, 2.45) is 16.5 Å². The second-order valence-electron chi connectivity index (χ2n) is 6.82. The maximum Gasteiger partial charge on any atom is 0.432 e. The maximum atomic E-state index is 12.6. The zero-order chi connectivity index (χ0) is 18.4. The minimum atomic E-state index is -4.43. The molecule has 0 amide bonds. The van der Waals surface area contributed by atoms with Crippen LogP contribution in [0.15, 0.2) is 35.2 Å². The second-order valence-corrected chi connectivity index (χ2v) is 7.88. The molecule has 1 saturated carbocycles. The number of benzene rings is 1. The van der Waals surface area contributed by atoms with E-state index >= 15 is 0 Å². The van der Waals surface area contributed by atoms with E-state index in [2.05, 4.69) is 24.3 Å². The van der Waals surface area contributed by atoms with Crippen LogP contribution in [0.25, 0.3) is 0 Å². The summed E-state index contributed by atoms with van der Waals surface area (Å²) in [6.45, 7) is 4.75. The van der Waals surface area contributed by atoms with E-state index in [0.717, 1.165) is 11.6 Å². The molecule has 1 aromatic heterocycles. The van der Waals surface area contributed by atoms with E-state index in [4.69, 9.17) is 5.14 Å². The SMILES string of the molecule is CC1(C)C(CNc2cc(C(F)(F)F)[nH]n2)C1c1ccc(S(N)=O)cc1. The molecule has 9 heteroatoms. The lowest BCUT2D eigenvalue weighted by atomic mass is 10.0. The van der Waals surface area contributed by atoms with Gasteiger partial charge in [0.1, 0.15) is 22.5 Å². The van der Waals surface area contributed by atoms with Crippen molar-refractivity contribution in [2.45, 2.75) is 30.8 Å². The first-order valence-electron chi connectivity index (χ1n) is 7.73. The lowest BCUT2D eigenvalue weighted by Gasteiger charge is -2.03. The van der Waals surface area contributed by atoms with E-state index < -0.39 is 22.9 Å². The van der Waals surface area contributed by atoms with Crippen molar-refractivity contribution in [1.82, 2.24) is 10.2 Å². The average molecular weight is 372 g/mol. The number of aromatic nitrogens is 2. The Balaban J connectivity index is 1.65. The van der Waals surface area contributed by atoms with Gasteiger partial charge in [0.2, 0.25) is 0 Å². The molecule has 0 aliphatic heterocycles. The molecule has 1 aliphatic carbocycles. The smallest absolute Gasteiger partial charge is 0.368 e. The van der Waals surface area contributed by atoms with Crippen molar-refractivity contribution < 1.29 is 17.4 Å². The number of alkyl halides is 3. The van der Waals surface area contributed by atoms with Crippen LogP contribution >= 0.6 is 0 Å². The third-order valence-corrected chi connectivity index (χ3v) is 5.65. The molecule has 0 spiro atoms. The summed E-state index contributed by atoms with van der Waals surface area (Å²) in [6, 6.07) is 8.27. The Kier molecular flexibility index (Phi) is 4.40. The summed E-state index contributed by atoms with van der Waals surface area (Å²) < 4.78 is 49.0. The van der Waals surface area contributed by atoms with Crippen LogP contribution in [0.5, 0.6) is 0 Å². The number of H-pyrrole nitrogens is 1. The summed E-state index contributed by atoms with van der Waals surface area (Å²) >= 11 is 0. The topological polar surface area (TPSA) is 83.8 Å². The van der Waals surface area contributed by atoms with Crippen LogP contribution in [0.2, 0.25) is 0 Å². The van der Waals surface area contributed by atoms with E-state index in [0.29, 0.717) is 11.4 Å². The zero-order valence-electron chi connectivity index (χ0n) is 13.7. The fraction of sp³-hybridized carbons (Fsp3) is 0.438. The van der Waals surface area contributed by atoms with Crippen LogP contribution in [-0.2, 0) is 17.2 Å². The fourth-order valence-corrected chi connectivity index (χ4v) is 3.77. The average Bonchev–Trinajstić information content (AvgIpc) is 2.87. The van der Waals surface area contributed by atoms with Crippen molar-refractivity contribution >= 4 is 16.8 Å². The monoisotopic (exact) mass is 372 g/mol. The number of nitrogens with zero attached hydrogens (tertiary/aromatic N) is 1. The van der Waals surface area contributed by atoms with Gasteiger partial charge in [0.05, 0.1) is 4.90 Å². The quantitative estimate of drug-likeness (QED) is 0.753. The van der Waals surface area contributed by atoms with Crippen molar-refractivity contribution in [1.29, 1.82) is 0 Å². The van der Waals surface area contributed by atoms with Gasteiger partial charge in [0, 0.05) is 12.6 Å². The molecule has 1 aromatic carbocycles. The number of anilines is 1. The van der Waals surface area contributed by atoms with Gasteiger partial charge < -0.3 is 5.32 Å². The van der Waals surface area contributed by atoms with Gasteiger partial charge >= 0.3 is 6.18 Å². The Morgan fingerprint density at radius 2 is 1.96 bits per heavy atom. The molecule has 0 saturated heterocycles. The first kappa shape index (κ1) is 17.9. The Bertz CT molecular complexity index is 785. The molecule has 1 heterocycles.